The van der Waals surface area contributed by atoms with Gasteiger partial charge in [-0.25, -0.2) is 26.3 Å². The lowest BCUT2D eigenvalue weighted by molar-refractivity contribution is 0.0854. The van der Waals surface area contributed by atoms with Crippen LogP contribution in [0.5, 0.6) is 5.75 Å². The van der Waals surface area contributed by atoms with Crippen molar-refractivity contribution in [2.24, 2.45) is 23.7 Å². The number of allylic oxidation sites excluding steroid dienone is 37. The first-order chi connectivity index (χ1) is 55.3. The molecule has 1 fully saturated rings. The number of ether oxygens (including phenoxy) is 3. The fraction of sp³-hybridized carbons (Fsp3) is 0.255. The molecule has 15 aliphatic rings. The third-order valence-corrected chi connectivity index (χ3v) is 25.8. The maximum Gasteiger partial charge on any atom is 0.129 e. The van der Waals surface area contributed by atoms with Crippen LogP contribution in [-0.4, -0.2) is 58.8 Å². The number of alkyl halides is 3. The molecule has 4 aromatic carbocycles. The molecule has 15 unspecified atom stereocenters. The molecule has 0 N–H and O–H groups in total. The smallest absolute Gasteiger partial charge is 0.129 e. The van der Waals surface area contributed by atoms with E-state index in [9.17, 15) is 0 Å². The van der Waals surface area contributed by atoms with Crippen molar-refractivity contribution >= 4 is 5.57 Å². The van der Waals surface area contributed by atoms with Gasteiger partial charge in [-0.05, 0) is 220 Å². The van der Waals surface area contributed by atoms with E-state index in [0.29, 0.717) is 50.7 Å². The first-order valence-corrected chi connectivity index (χ1v) is 40.2. The van der Waals surface area contributed by atoms with Gasteiger partial charge in [0.15, 0.2) is 0 Å². The standard InChI is InChI=1S/C102H88F6N2O3/c1-3-63-25-45-79(46-26-63)111-81-49-31-69(32-50-81)101(99-93(105)21-11-22-94(99)106)89-19-7-5-17-83(89)85-53-29-67(59-91(85)101)65-13-9-15-75(57-65)109(73-39-35-71(103)36-40-73)77-43-55-87-88-56-44-78(62-98(88)113-97(87)61-77)110(74-41-37-72(104)38-42-74)76-16-10-14-66(58-76)68-30-54-86-84-18-6-8-20-90(84)102(92(86)60-68,100-95(107)23-12-24-96(100)108)70-33-51-82(52-34-70)112-80-47-27-64(4-2)28-48-80/h3-9,11-15,17-21,23-33,35-37,39,41-45,47,49-51,53-56,58-59,61-62,65,68,72-73,79-80,87-88,94-95,97-98,100H,1-2,10,16,22,34,38,40,46,48,52,57,60H2. The van der Waals surface area contributed by atoms with Gasteiger partial charge < -0.3 is 24.0 Å². The molecule has 1 heterocycles. The third-order valence-electron chi connectivity index (χ3n) is 25.8. The van der Waals surface area contributed by atoms with Crippen LogP contribution in [0.4, 0.5) is 26.3 Å². The largest absolute Gasteiger partial charge is 0.490 e. The Morgan fingerprint density at radius 1 is 0.549 bits per heavy atom. The number of hydrogen-bond donors (Lipinski definition) is 0. The Morgan fingerprint density at radius 3 is 2.00 bits per heavy atom. The van der Waals surface area contributed by atoms with Crippen molar-refractivity contribution in [1.29, 1.82) is 0 Å². The van der Waals surface area contributed by atoms with E-state index in [1.807, 2.05) is 109 Å². The van der Waals surface area contributed by atoms with Gasteiger partial charge in [0.05, 0.1) is 40.8 Å². The highest BCUT2D eigenvalue weighted by Crippen LogP contribution is 2.64. The summed E-state index contributed by atoms with van der Waals surface area (Å²) >= 11 is 0. The Bertz CT molecular complexity index is 5470. The van der Waals surface area contributed by atoms with Crippen LogP contribution in [0.15, 0.2) is 396 Å². The van der Waals surface area contributed by atoms with E-state index in [2.05, 4.69) is 163 Å². The summed E-state index contributed by atoms with van der Waals surface area (Å²) < 4.78 is 119. The molecule has 0 bridgehead atoms. The lowest BCUT2D eigenvalue weighted by Crippen LogP contribution is -2.44. The molecule has 566 valence electrons. The van der Waals surface area contributed by atoms with Gasteiger partial charge in [0.25, 0.3) is 0 Å². The molecule has 113 heavy (non-hydrogen) atoms. The van der Waals surface area contributed by atoms with Crippen LogP contribution in [-0.2, 0) is 20.3 Å². The summed E-state index contributed by atoms with van der Waals surface area (Å²) in [7, 11) is 0. The number of benzene rings is 4. The predicted molar refractivity (Wildman–Crippen MR) is 440 cm³/mol. The van der Waals surface area contributed by atoms with Crippen molar-refractivity contribution in [1.82, 2.24) is 9.80 Å². The minimum Gasteiger partial charge on any atom is -0.490 e. The SMILES string of the molecule is C=CC1=CCC(OC2=CC=C(C3(C4C(F)=CC=CC4F)C4=C(C=CC(C5=CCCC(N(C6=CCC(F)C=C6)C6=CC7OC8C=C(N(C9=CC=CC(c%10ccc%11c(c%10)C(C%10=C(F)C=CCC%10F)(c%10ccc(OC%12C=CC(C=C)=CC%12)cc%10)c%10ccccc%10-%11)C9)C9C=CC(F)=CC9)C=CC8C7C=C6)=C5)C4)c4ccccc43)CC2)C=C1. The fourth-order valence-corrected chi connectivity index (χ4v) is 20.6. The topological polar surface area (TPSA) is 34.2 Å². The van der Waals surface area contributed by atoms with E-state index < -0.39 is 46.9 Å². The summed E-state index contributed by atoms with van der Waals surface area (Å²) in [5, 5.41) is 0. The zero-order chi connectivity index (χ0) is 76.6. The highest BCUT2D eigenvalue weighted by Gasteiger charge is 2.58. The van der Waals surface area contributed by atoms with Gasteiger partial charge in [-0.1, -0.05) is 207 Å². The van der Waals surface area contributed by atoms with Gasteiger partial charge in [0.2, 0.25) is 0 Å². The van der Waals surface area contributed by atoms with Crippen LogP contribution < -0.4 is 4.74 Å². The number of nitrogens with zero attached hydrogens (tertiary/aromatic N) is 2. The monoisotopic (exact) mass is 1500 g/mol. The average molecular weight is 1500 g/mol. The number of rotatable bonds is 18. The van der Waals surface area contributed by atoms with Crippen LogP contribution in [0.25, 0.3) is 16.7 Å². The highest BCUT2D eigenvalue weighted by atomic mass is 19.2. The van der Waals surface area contributed by atoms with Crippen LogP contribution in [0.3, 0.4) is 0 Å². The Balaban J connectivity index is 0.610. The second-order valence-electron chi connectivity index (χ2n) is 32.0. The quantitative estimate of drug-likeness (QED) is 0.0928. The van der Waals surface area contributed by atoms with Crippen LogP contribution in [0, 0.1) is 23.7 Å². The molecule has 4 aromatic rings. The van der Waals surface area contributed by atoms with Gasteiger partial charge in [-0.2, -0.15) is 0 Å². The Kier molecular flexibility index (Phi) is 19.0. The molecular weight excluding hydrogens is 1420 g/mol. The van der Waals surface area contributed by atoms with E-state index in [4.69, 9.17) is 14.2 Å². The van der Waals surface area contributed by atoms with Crippen molar-refractivity contribution in [2.75, 3.05) is 0 Å². The molecule has 14 aliphatic carbocycles. The number of fused-ring (bicyclic) bond motifs is 8. The van der Waals surface area contributed by atoms with E-state index in [1.165, 1.54) is 24.3 Å². The number of hydrogen-bond acceptors (Lipinski definition) is 5. The first-order valence-electron chi connectivity index (χ1n) is 40.2. The molecule has 11 heteroatoms. The second-order valence-corrected chi connectivity index (χ2v) is 32.0. The van der Waals surface area contributed by atoms with Gasteiger partial charge in [-0.3, -0.25) is 0 Å². The minimum absolute atomic E-state index is 0.00299. The molecule has 0 saturated carbocycles. The van der Waals surface area contributed by atoms with E-state index >= 15 is 26.3 Å². The molecule has 15 atom stereocenters. The molecule has 1 saturated heterocycles. The summed E-state index contributed by atoms with van der Waals surface area (Å²) in [5.74, 6) is -1.27. The number of halogens is 6. The summed E-state index contributed by atoms with van der Waals surface area (Å²) in [4.78, 5) is 4.61. The van der Waals surface area contributed by atoms with Crippen LogP contribution >= 0.6 is 0 Å². The second kappa shape index (κ2) is 29.8. The first kappa shape index (κ1) is 72.1. The lowest BCUT2D eigenvalue weighted by Gasteiger charge is -2.46. The zero-order valence-corrected chi connectivity index (χ0v) is 62.9. The molecule has 0 aromatic heterocycles. The van der Waals surface area contributed by atoms with Gasteiger partial charge in [0, 0.05) is 89.8 Å². The van der Waals surface area contributed by atoms with Crippen molar-refractivity contribution in [3.8, 4) is 16.9 Å². The Morgan fingerprint density at radius 2 is 1.28 bits per heavy atom. The van der Waals surface area contributed by atoms with Gasteiger partial charge in [0.1, 0.15) is 54.0 Å². The Hall–Kier alpha value is -11.1. The maximum atomic E-state index is 17.2. The molecule has 19 rings (SSSR count). The van der Waals surface area contributed by atoms with Gasteiger partial charge >= 0.3 is 0 Å². The van der Waals surface area contributed by atoms with Crippen molar-refractivity contribution < 1.29 is 40.6 Å². The third kappa shape index (κ3) is 12.7. The van der Waals surface area contributed by atoms with E-state index in [1.54, 1.807) is 24.3 Å². The average Bonchev–Trinajstić information content (AvgIpc) is 1.55. The predicted octanol–water partition coefficient (Wildman–Crippen LogP) is 24.5. The minimum atomic E-state index is -1.60. The molecule has 0 radical (unpaired) electrons. The lowest BCUT2D eigenvalue weighted by atomic mass is 9.57. The summed E-state index contributed by atoms with van der Waals surface area (Å²) in [6, 6.07) is 30.3. The highest BCUT2D eigenvalue weighted by molar-refractivity contribution is 5.90. The van der Waals surface area contributed by atoms with Crippen LogP contribution in [0.1, 0.15) is 110 Å². The summed E-state index contributed by atoms with van der Waals surface area (Å²) in [6.45, 7) is 7.83. The van der Waals surface area contributed by atoms with Crippen molar-refractivity contribution in [3.05, 3.63) is 429 Å². The summed E-state index contributed by atoms with van der Waals surface area (Å²) in [5.41, 5.74) is 15.8. The van der Waals surface area contributed by atoms with E-state index in [0.717, 1.165) is 125 Å². The summed E-state index contributed by atoms with van der Waals surface area (Å²) in [6.07, 6.45) is 67.8. The van der Waals surface area contributed by atoms with E-state index in [-0.39, 0.29) is 78.4 Å². The Labute approximate surface area is 658 Å². The van der Waals surface area contributed by atoms with Crippen LogP contribution in [0.2, 0.25) is 0 Å². The molecular formula is C102H88F6N2O3. The maximum absolute atomic E-state index is 17.2. The zero-order valence-electron chi connectivity index (χ0n) is 62.9. The fourth-order valence-electron chi connectivity index (χ4n) is 20.6. The normalized spacial score (nSPS) is 31.3. The molecule has 5 nitrogen and oxygen atoms in total. The van der Waals surface area contributed by atoms with Crippen molar-refractivity contribution in [2.45, 2.75) is 136 Å². The molecule has 1 aliphatic heterocycles. The molecule has 0 amide bonds. The molecule has 0 spiro atoms. The van der Waals surface area contributed by atoms with Crippen molar-refractivity contribution in [3.63, 3.8) is 0 Å². The van der Waals surface area contributed by atoms with Gasteiger partial charge in [-0.15, -0.1) is 0 Å².